The molecule has 0 radical (unpaired) electrons. The maximum atomic E-state index is 12.3. The fourth-order valence-electron chi connectivity index (χ4n) is 2.38. The Balaban J connectivity index is 1.61. The number of hydrogen-bond donors (Lipinski definition) is 3. The lowest BCUT2D eigenvalue weighted by Gasteiger charge is -2.05. The number of hydrogen-bond acceptors (Lipinski definition) is 5. The van der Waals surface area contributed by atoms with Crippen LogP contribution in [0.5, 0.6) is 5.75 Å². The number of nitrogens with zero attached hydrogens (tertiary/aromatic N) is 1. The second kappa shape index (κ2) is 7.31. The second-order valence-electron chi connectivity index (χ2n) is 5.40. The summed E-state index contributed by atoms with van der Waals surface area (Å²) >= 11 is 1.55. The van der Waals surface area contributed by atoms with Gasteiger partial charge in [0.15, 0.2) is 5.13 Å². The van der Waals surface area contributed by atoms with Crippen molar-refractivity contribution in [3.05, 3.63) is 53.6 Å². The summed E-state index contributed by atoms with van der Waals surface area (Å²) in [5, 5.41) is 16.3. The summed E-state index contributed by atoms with van der Waals surface area (Å²) in [6.45, 7) is 3.40. The summed E-state index contributed by atoms with van der Waals surface area (Å²) in [6.07, 6.45) is 0.722. The van der Waals surface area contributed by atoms with E-state index in [0.717, 1.165) is 33.9 Å². The molecule has 1 aromatic heterocycles. The van der Waals surface area contributed by atoms with Crippen LogP contribution in [-0.4, -0.2) is 29.1 Å². The van der Waals surface area contributed by atoms with Crippen molar-refractivity contribution in [2.24, 2.45) is 0 Å². The topological polar surface area (TPSA) is 74.2 Å². The molecule has 0 spiro atoms. The zero-order valence-corrected chi connectivity index (χ0v) is 14.2. The van der Waals surface area contributed by atoms with Crippen molar-refractivity contribution in [2.45, 2.75) is 13.3 Å². The quantitative estimate of drug-likeness (QED) is 0.642. The van der Waals surface area contributed by atoms with Crippen LogP contribution in [0.1, 0.15) is 22.8 Å². The van der Waals surface area contributed by atoms with Crippen molar-refractivity contribution >= 4 is 32.6 Å². The second-order valence-corrected chi connectivity index (χ2v) is 6.43. The number of carbonyl (C=O) groups is 1. The predicted molar refractivity (Wildman–Crippen MR) is 97.9 cm³/mol. The number of aromatic hydroxyl groups is 1. The van der Waals surface area contributed by atoms with Gasteiger partial charge in [-0.05, 0) is 49.2 Å². The molecule has 0 aliphatic heterocycles. The first-order chi connectivity index (χ1) is 11.7. The fraction of sp³-hybridized carbons (Fsp3) is 0.222. The Labute approximate surface area is 144 Å². The number of phenolic OH excluding ortho intramolecular Hbond substituents is 1. The van der Waals surface area contributed by atoms with E-state index in [1.807, 2.05) is 31.2 Å². The third-order valence-corrected chi connectivity index (χ3v) is 4.59. The van der Waals surface area contributed by atoms with Crippen LogP contribution in [0.4, 0.5) is 5.13 Å². The van der Waals surface area contributed by atoms with Crippen LogP contribution in [0.2, 0.25) is 0 Å². The number of nitrogens with one attached hydrogen (secondary N) is 2. The van der Waals surface area contributed by atoms with Crippen LogP contribution >= 0.6 is 11.3 Å². The van der Waals surface area contributed by atoms with Gasteiger partial charge in [-0.2, -0.15) is 0 Å². The first kappa shape index (κ1) is 16.3. The van der Waals surface area contributed by atoms with Gasteiger partial charge in [0.05, 0.1) is 10.2 Å². The highest BCUT2D eigenvalue weighted by Gasteiger charge is 2.09. The maximum absolute atomic E-state index is 12.3. The smallest absolute Gasteiger partial charge is 0.251 e. The molecule has 0 aliphatic carbocycles. The Bertz CT molecular complexity index is 843. The lowest BCUT2D eigenvalue weighted by Crippen LogP contribution is -2.25. The van der Waals surface area contributed by atoms with Crippen LogP contribution in [0.3, 0.4) is 0 Å². The van der Waals surface area contributed by atoms with Crippen LogP contribution in [0.25, 0.3) is 10.2 Å². The molecule has 24 heavy (non-hydrogen) atoms. The number of thiazole rings is 1. The molecule has 0 saturated heterocycles. The summed E-state index contributed by atoms with van der Waals surface area (Å²) in [5.41, 5.74) is 2.61. The van der Waals surface area contributed by atoms with Crippen molar-refractivity contribution in [3.8, 4) is 5.75 Å². The molecule has 3 N–H and O–H groups in total. The normalized spacial score (nSPS) is 10.7. The van der Waals surface area contributed by atoms with E-state index in [9.17, 15) is 9.90 Å². The van der Waals surface area contributed by atoms with E-state index in [2.05, 4.69) is 15.6 Å². The summed E-state index contributed by atoms with van der Waals surface area (Å²) in [5.74, 6) is 0.159. The lowest BCUT2D eigenvalue weighted by molar-refractivity contribution is 0.0954. The minimum atomic E-state index is -0.0888. The molecular weight excluding hydrogens is 322 g/mol. The average Bonchev–Trinajstić information content (AvgIpc) is 2.98. The lowest BCUT2D eigenvalue weighted by atomic mass is 10.1. The molecular formula is C18H19N3O2S. The molecule has 1 amide bonds. The SMILES string of the molecule is CCNc1nc2ccc(C(=O)NCCc3ccc(O)cc3)cc2s1. The van der Waals surface area contributed by atoms with Crippen LogP contribution in [0, 0.1) is 0 Å². The van der Waals surface area contributed by atoms with Crippen LogP contribution in [-0.2, 0) is 6.42 Å². The number of carbonyl (C=O) groups excluding carboxylic acids is 1. The number of benzene rings is 2. The monoisotopic (exact) mass is 341 g/mol. The molecule has 3 rings (SSSR count). The van der Waals surface area contributed by atoms with E-state index in [0.29, 0.717) is 12.1 Å². The molecule has 5 nitrogen and oxygen atoms in total. The third-order valence-electron chi connectivity index (χ3n) is 3.61. The average molecular weight is 341 g/mol. The molecule has 1 heterocycles. The zero-order valence-electron chi connectivity index (χ0n) is 13.4. The van der Waals surface area contributed by atoms with Gasteiger partial charge < -0.3 is 15.7 Å². The molecule has 2 aromatic carbocycles. The third kappa shape index (κ3) is 3.83. The Hall–Kier alpha value is -2.60. The molecule has 0 unspecified atom stereocenters. The Morgan fingerprint density at radius 2 is 2.00 bits per heavy atom. The van der Waals surface area contributed by atoms with Gasteiger partial charge in [-0.1, -0.05) is 23.5 Å². The van der Waals surface area contributed by atoms with Gasteiger partial charge in [-0.25, -0.2) is 4.98 Å². The van der Waals surface area contributed by atoms with E-state index < -0.39 is 0 Å². The predicted octanol–water partition coefficient (Wildman–Crippen LogP) is 3.41. The first-order valence-electron chi connectivity index (χ1n) is 7.86. The molecule has 0 bridgehead atoms. The fourth-order valence-corrected chi connectivity index (χ4v) is 3.35. The van der Waals surface area contributed by atoms with E-state index in [-0.39, 0.29) is 11.7 Å². The van der Waals surface area contributed by atoms with Gasteiger partial charge in [-0.15, -0.1) is 0 Å². The van der Waals surface area contributed by atoms with Crippen molar-refractivity contribution < 1.29 is 9.90 Å². The number of aromatic nitrogens is 1. The summed E-state index contributed by atoms with van der Waals surface area (Å²) in [7, 11) is 0. The van der Waals surface area contributed by atoms with Crippen molar-refractivity contribution in [1.29, 1.82) is 0 Å². The van der Waals surface area contributed by atoms with Gasteiger partial charge in [0.1, 0.15) is 5.75 Å². The Kier molecular flexibility index (Phi) is 4.96. The van der Waals surface area contributed by atoms with E-state index >= 15 is 0 Å². The highest BCUT2D eigenvalue weighted by molar-refractivity contribution is 7.22. The van der Waals surface area contributed by atoms with Crippen molar-refractivity contribution in [1.82, 2.24) is 10.3 Å². The molecule has 0 atom stereocenters. The van der Waals surface area contributed by atoms with E-state index in [1.165, 1.54) is 0 Å². The molecule has 6 heteroatoms. The Morgan fingerprint density at radius 1 is 1.21 bits per heavy atom. The minimum Gasteiger partial charge on any atom is -0.508 e. The number of fused-ring (bicyclic) bond motifs is 1. The summed E-state index contributed by atoms with van der Waals surface area (Å²) in [4.78, 5) is 16.7. The molecule has 3 aromatic rings. The summed E-state index contributed by atoms with van der Waals surface area (Å²) in [6, 6.07) is 12.6. The van der Waals surface area contributed by atoms with Crippen molar-refractivity contribution in [3.63, 3.8) is 0 Å². The summed E-state index contributed by atoms with van der Waals surface area (Å²) < 4.78 is 0.997. The van der Waals surface area contributed by atoms with E-state index in [4.69, 9.17) is 0 Å². The standard InChI is InChI=1S/C18H19N3O2S/c1-2-19-18-21-15-8-5-13(11-16(15)24-18)17(23)20-10-9-12-3-6-14(22)7-4-12/h3-8,11,22H,2,9-10H2,1H3,(H,19,21)(H,20,23). The Morgan fingerprint density at radius 3 is 2.75 bits per heavy atom. The maximum Gasteiger partial charge on any atom is 0.251 e. The van der Waals surface area contributed by atoms with Gasteiger partial charge in [-0.3, -0.25) is 4.79 Å². The molecule has 0 saturated carbocycles. The largest absolute Gasteiger partial charge is 0.508 e. The van der Waals surface area contributed by atoms with Crippen LogP contribution < -0.4 is 10.6 Å². The minimum absolute atomic E-state index is 0.0888. The van der Waals surface area contributed by atoms with Gasteiger partial charge in [0, 0.05) is 18.7 Å². The number of phenols is 1. The van der Waals surface area contributed by atoms with E-state index in [1.54, 1.807) is 29.5 Å². The number of rotatable bonds is 6. The van der Waals surface area contributed by atoms with Crippen LogP contribution in [0.15, 0.2) is 42.5 Å². The molecule has 124 valence electrons. The van der Waals surface area contributed by atoms with Gasteiger partial charge >= 0.3 is 0 Å². The molecule has 0 aliphatic rings. The highest BCUT2D eigenvalue weighted by Crippen LogP contribution is 2.26. The first-order valence-corrected chi connectivity index (χ1v) is 8.68. The van der Waals surface area contributed by atoms with Gasteiger partial charge in [0.25, 0.3) is 5.91 Å². The van der Waals surface area contributed by atoms with Gasteiger partial charge in [0.2, 0.25) is 0 Å². The number of anilines is 1. The van der Waals surface area contributed by atoms with Crippen molar-refractivity contribution in [2.75, 3.05) is 18.4 Å². The molecule has 0 fully saturated rings. The zero-order chi connectivity index (χ0) is 16.9. The number of amides is 1. The highest BCUT2D eigenvalue weighted by atomic mass is 32.1.